The maximum atomic E-state index is 11.8. The van der Waals surface area contributed by atoms with E-state index in [4.69, 9.17) is 5.84 Å². The Morgan fingerprint density at radius 3 is 3.00 bits per heavy atom. The zero-order chi connectivity index (χ0) is 14.8. The minimum Gasteiger partial charge on any atom is -0.288 e. The third-order valence-electron chi connectivity index (χ3n) is 2.95. The average Bonchev–Trinajstić information content (AvgIpc) is 2.98. The molecule has 106 valence electrons. The van der Waals surface area contributed by atoms with Gasteiger partial charge in [-0.15, -0.1) is 11.3 Å². The lowest BCUT2D eigenvalue weighted by molar-refractivity contribution is 0.0953. The van der Waals surface area contributed by atoms with E-state index in [0.29, 0.717) is 17.6 Å². The fourth-order valence-electron chi connectivity index (χ4n) is 1.99. The largest absolute Gasteiger partial charge is 0.294 e. The number of nitrogens with one attached hydrogen (secondary N) is 1. The number of aromatic nitrogens is 3. The maximum Gasteiger partial charge on any atom is 0.294 e. The van der Waals surface area contributed by atoms with Gasteiger partial charge in [0.05, 0.1) is 24.0 Å². The molecule has 2 heterocycles. The van der Waals surface area contributed by atoms with E-state index in [-0.39, 0.29) is 10.4 Å². The summed E-state index contributed by atoms with van der Waals surface area (Å²) >= 11 is 1.20. The van der Waals surface area contributed by atoms with Crippen LogP contribution < -0.4 is 16.7 Å². The van der Waals surface area contributed by atoms with E-state index < -0.39 is 5.91 Å². The summed E-state index contributed by atoms with van der Waals surface area (Å²) in [6.07, 6.45) is 1.28. The topological polar surface area (TPSA) is 103 Å². The number of carbonyl (C=O) groups is 1. The van der Waals surface area contributed by atoms with Crippen LogP contribution in [0.5, 0.6) is 0 Å². The number of nitrogen functional groups attached to an aromatic ring is 1. The number of rotatable bonds is 3. The van der Waals surface area contributed by atoms with Gasteiger partial charge in [-0.05, 0) is 12.1 Å². The first-order valence-corrected chi connectivity index (χ1v) is 6.97. The summed E-state index contributed by atoms with van der Waals surface area (Å²) in [4.78, 5) is 27.3. The van der Waals surface area contributed by atoms with Crippen LogP contribution in [-0.2, 0) is 6.54 Å². The fourth-order valence-corrected chi connectivity index (χ4v) is 2.70. The third kappa shape index (κ3) is 2.54. The number of thiazole rings is 1. The number of nitrogens with zero attached hydrogens (tertiary/aromatic N) is 3. The second kappa shape index (κ2) is 5.43. The first kappa shape index (κ1) is 13.4. The molecule has 8 heteroatoms. The van der Waals surface area contributed by atoms with Gasteiger partial charge in [0.2, 0.25) is 5.43 Å². The van der Waals surface area contributed by atoms with Crippen molar-refractivity contribution in [2.24, 2.45) is 5.84 Å². The molecule has 0 bridgehead atoms. The Balaban J connectivity index is 1.99. The fraction of sp³-hybridized carbons (Fsp3) is 0.0769. The zero-order valence-electron chi connectivity index (χ0n) is 10.8. The Hall–Kier alpha value is -2.58. The first-order chi connectivity index (χ1) is 10.2. The molecule has 1 aromatic carbocycles. The molecular formula is C13H11N5O2S. The normalized spacial score (nSPS) is 10.7. The van der Waals surface area contributed by atoms with Gasteiger partial charge in [-0.3, -0.25) is 19.7 Å². The Labute approximate surface area is 123 Å². The van der Waals surface area contributed by atoms with E-state index >= 15 is 0 Å². The van der Waals surface area contributed by atoms with Crippen LogP contribution in [0.4, 0.5) is 0 Å². The van der Waals surface area contributed by atoms with E-state index in [9.17, 15) is 9.59 Å². The Morgan fingerprint density at radius 2 is 2.19 bits per heavy atom. The smallest absolute Gasteiger partial charge is 0.288 e. The number of nitrogens with two attached hydrogens (primary N) is 1. The van der Waals surface area contributed by atoms with Crippen LogP contribution in [0.3, 0.4) is 0 Å². The molecule has 0 aliphatic heterocycles. The van der Waals surface area contributed by atoms with Crippen molar-refractivity contribution in [3.63, 3.8) is 0 Å². The lowest BCUT2D eigenvalue weighted by Gasteiger charge is -2.07. The molecule has 0 aliphatic rings. The molecule has 3 rings (SSSR count). The summed E-state index contributed by atoms with van der Waals surface area (Å²) in [6, 6.07) is 7.22. The molecule has 0 spiro atoms. The molecule has 2 aromatic heterocycles. The van der Waals surface area contributed by atoms with E-state index in [2.05, 4.69) is 10.1 Å². The summed E-state index contributed by atoms with van der Waals surface area (Å²) in [5, 5.41) is 6.77. The lowest BCUT2D eigenvalue weighted by atomic mass is 10.2. The van der Waals surface area contributed by atoms with Crippen LogP contribution in [0.15, 0.2) is 40.6 Å². The third-order valence-corrected chi connectivity index (χ3v) is 3.84. The maximum absolute atomic E-state index is 11.8. The highest BCUT2D eigenvalue weighted by Gasteiger charge is 2.11. The number of carbonyl (C=O) groups excluding carboxylic acids is 1. The molecule has 0 atom stereocenters. The molecule has 0 radical (unpaired) electrons. The summed E-state index contributed by atoms with van der Waals surface area (Å²) in [5.74, 6) is 4.64. The molecule has 21 heavy (non-hydrogen) atoms. The highest BCUT2D eigenvalue weighted by molar-refractivity contribution is 7.11. The average molecular weight is 301 g/mol. The van der Waals surface area contributed by atoms with E-state index in [1.807, 2.05) is 17.6 Å². The highest BCUT2D eigenvalue weighted by atomic mass is 32.1. The van der Waals surface area contributed by atoms with Crippen LogP contribution in [0, 0.1) is 0 Å². The van der Waals surface area contributed by atoms with Crippen LogP contribution in [-0.4, -0.2) is 20.7 Å². The van der Waals surface area contributed by atoms with E-state index in [1.54, 1.807) is 22.2 Å². The van der Waals surface area contributed by atoms with Gasteiger partial charge in [0.15, 0.2) is 5.01 Å². The van der Waals surface area contributed by atoms with Gasteiger partial charge in [0, 0.05) is 10.8 Å². The molecule has 0 unspecified atom stereocenters. The number of amides is 1. The van der Waals surface area contributed by atoms with Crippen LogP contribution >= 0.6 is 11.3 Å². The van der Waals surface area contributed by atoms with Crippen molar-refractivity contribution in [3.8, 4) is 0 Å². The van der Waals surface area contributed by atoms with Gasteiger partial charge in [0.25, 0.3) is 5.91 Å². The van der Waals surface area contributed by atoms with Crippen molar-refractivity contribution in [1.29, 1.82) is 0 Å². The van der Waals surface area contributed by atoms with Crippen LogP contribution in [0.2, 0.25) is 0 Å². The molecule has 3 aromatic rings. The quantitative estimate of drug-likeness (QED) is 0.417. The van der Waals surface area contributed by atoms with Gasteiger partial charge in [0.1, 0.15) is 0 Å². The van der Waals surface area contributed by atoms with Gasteiger partial charge < -0.3 is 0 Å². The van der Waals surface area contributed by atoms with Crippen molar-refractivity contribution >= 4 is 28.1 Å². The summed E-state index contributed by atoms with van der Waals surface area (Å²) in [5.41, 5.74) is 3.32. The number of fused-ring (bicyclic) bond motifs is 1. The van der Waals surface area contributed by atoms with Crippen LogP contribution in [0.25, 0.3) is 10.9 Å². The first-order valence-electron chi connectivity index (χ1n) is 6.09. The molecule has 0 saturated heterocycles. The highest BCUT2D eigenvalue weighted by Crippen LogP contribution is 2.13. The monoisotopic (exact) mass is 301 g/mol. The number of hydrogen-bond donors (Lipinski definition) is 2. The van der Waals surface area contributed by atoms with E-state index in [1.165, 1.54) is 17.5 Å². The number of para-hydroxylation sites is 1. The Bertz CT molecular complexity index is 870. The van der Waals surface area contributed by atoms with Crippen molar-refractivity contribution in [1.82, 2.24) is 20.2 Å². The van der Waals surface area contributed by atoms with Crippen molar-refractivity contribution in [2.45, 2.75) is 6.54 Å². The zero-order valence-corrected chi connectivity index (χ0v) is 11.6. The standard InChI is InChI=1S/C13H11N5O2S/c14-17-12(20)13-16-8(7-21-13)6-18-10-4-2-1-3-9(10)11(19)5-15-18/h1-5,7H,6,14H2,(H,17,20). The molecule has 0 aliphatic carbocycles. The number of benzene rings is 1. The van der Waals surface area contributed by atoms with Gasteiger partial charge in [-0.2, -0.15) is 5.10 Å². The molecule has 7 nitrogen and oxygen atoms in total. The molecular weight excluding hydrogens is 290 g/mol. The second-order valence-corrected chi connectivity index (χ2v) is 5.16. The minimum atomic E-state index is -0.427. The van der Waals surface area contributed by atoms with Crippen molar-refractivity contribution in [3.05, 3.63) is 56.8 Å². The van der Waals surface area contributed by atoms with Crippen LogP contribution in [0.1, 0.15) is 15.5 Å². The van der Waals surface area contributed by atoms with Gasteiger partial charge >= 0.3 is 0 Å². The summed E-state index contributed by atoms with van der Waals surface area (Å²) in [6.45, 7) is 0.370. The van der Waals surface area contributed by atoms with Gasteiger partial charge in [-0.1, -0.05) is 12.1 Å². The predicted octanol–water partition coefficient (Wildman–Crippen LogP) is 0.505. The SMILES string of the molecule is NNC(=O)c1nc(Cn2ncc(=O)c3ccccc32)cs1. The van der Waals surface area contributed by atoms with Gasteiger partial charge in [-0.25, -0.2) is 10.8 Å². The van der Waals surface area contributed by atoms with E-state index in [0.717, 1.165) is 5.52 Å². The number of hydrogen-bond acceptors (Lipinski definition) is 6. The minimum absolute atomic E-state index is 0.122. The van der Waals surface area contributed by atoms with Crippen molar-refractivity contribution in [2.75, 3.05) is 0 Å². The Kier molecular flexibility index (Phi) is 3.46. The lowest BCUT2D eigenvalue weighted by Crippen LogP contribution is -2.29. The molecule has 3 N–H and O–H groups in total. The number of hydrazine groups is 1. The molecule has 0 fully saturated rings. The predicted molar refractivity (Wildman–Crippen MR) is 78.9 cm³/mol. The molecule has 0 saturated carbocycles. The second-order valence-electron chi connectivity index (χ2n) is 4.30. The van der Waals surface area contributed by atoms with Crippen molar-refractivity contribution < 1.29 is 4.79 Å². The Morgan fingerprint density at radius 1 is 1.38 bits per heavy atom. The summed E-state index contributed by atoms with van der Waals surface area (Å²) in [7, 11) is 0. The molecule has 1 amide bonds. The summed E-state index contributed by atoms with van der Waals surface area (Å²) < 4.78 is 1.68.